The number of hydrogen-bond donors (Lipinski definition) is 0. The molecule has 1 saturated heterocycles. The van der Waals surface area contributed by atoms with Crippen LogP contribution in [0.2, 0.25) is 0 Å². The van der Waals surface area contributed by atoms with Crippen LogP contribution in [0.15, 0.2) is 53.4 Å². The Morgan fingerprint density at radius 2 is 1.56 bits per heavy atom. The summed E-state index contributed by atoms with van der Waals surface area (Å²) in [5, 5.41) is 0. The first-order chi connectivity index (χ1) is 16.2. The van der Waals surface area contributed by atoms with E-state index in [1.54, 1.807) is 29.0 Å². The molecule has 2 aromatic carbocycles. The predicted octanol–water partition coefficient (Wildman–Crippen LogP) is 2.99. The van der Waals surface area contributed by atoms with Crippen molar-refractivity contribution < 1.29 is 22.7 Å². The van der Waals surface area contributed by atoms with E-state index < -0.39 is 10.0 Å². The van der Waals surface area contributed by atoms with Gasteiger partial charge in [0.15, 0.2) is 0 Å². The molecule has 9 heteroatoms. The summed E-state index contributed by atoms with van der Waals surface area (Å²) in [5.74, 6) is 0.957. The van der Waals surface area contributed by atoms with Crippen molar-refractivity contribution in [2.75, 3.05) is 38.2 Å². The van der Waals surface area contributed by atoms with Gasteiger partial charge in [-0.3, -0.25) is 9.59 Å². The van der Waals surface area contributed by atoms with Crippen molar-refractivity contribution in [3.05, 3.63) is 54.1 Å². The summed E-state index contributed by atoms with van der Waals surface area (Å²) < 4.78 is 32.8. The largest absolute Gasteiger partial charge is 0.497 e. The molecule has 1 unspecified atom stereocenters. The average Bonchev–Trinajstić information content (AvgIpc) is 3.70. The van der Waals surface area contributed by atoms with E-state index in [0.717, 1.165) is 18.5 Å². The monoisotopic (exact) mass is 485 g/mol. The maximum Gasteiger partial charge on any atom is 0.258 e. The maximum absolute atomic E-state index is 13.5. The van der Waals surface area contributed by atoms with Gasteiger partial charge >= 0.3 is 0 Å². The van der Waals surface area contributed by atoms with E-state index in [1.165, 1.54) is 23.4 Å². The molecule has 0 bridgehead atoms. The molecule has 182 valence electrons. The van der Waals surface area contributed by atoms with Crippen LogP contribution in [0.25, 0.3) is 0 Å². The van der Waals surface area contributed by atoms with Crippen LogP contribution in [0, 0.1) is 5.92 Å². The van der Waals surface area contributed by atoms with Gasteiger partial charge in [-0.15, -0.1) is 0 Å². The van der Waals surface area contributed by atoms with Crippen molar-refractivity contribution in [2.45, 2.75) is 37.6 Å². The number of anilines is 1. The summed E-state index contributed by atoms with van der Waals surface area (Å²) in [4.78, 5) is 28.6. The normalized spacial score (nSPS) is 17.8. The van der Waals surface area contributed by atoms with Gasteiger partial charge < -0.3 is 14.5 Å². The first-order valence-electron chi connectivity index (χ1n) is 11.6. The van der Waals surface area contributed by atoms with Crippen LogP contribution in [0.4, 0.5) is 5.69 Å². The van der Waals surface area contributed by atoms with Crippen molar-refractivity contribution in [1.82, 2.24) is 9.21 Å². The quantitative estimate of drug-likeness (QED) is 0.602. The molecule has 1 saturated carbocycles. The van der Waals surface area contributed by atoms with Gasteiger partial charge in [-0.05, 0) is 74.2 Å². The third-order valence-corrected chi connectivity index (χ3v) is 8.62. The van der Waals surface area contributed by atoms with Crippen LogP contribution in [0.5, 0.6) is 5.75 Å². The Kier molecular flexibility index (Phi) is 6.95. The molecule has 2 amide bonds. The molecule has 34 heavy (non-hydrogen) atoms. The summed E-state index contributed by atoms with van der Waals surface area (Å²) in [7, 11) is -2.10. The first-order valence-corrected chi connectivity index (χ1v) is 13.0. The fourth-order valence-electron chi connectivity index (χ4n) is 4.37. The first kappa shape index (κ1) is 24.2. The van der Waals surface area contributed by atoms with E-state index in [2.05, 4.69) is 6.92 Å². The molecule has 2 aromatic rings. The van der Waals surface area contributed by atoms with Gasteiger partial charge in [0.25, 0.3) is 5.91 Å². The number of nitrogens with zero attached hydrogens (tertiary/aromatic N) is 3. The molecular formula is C25H31N3O5S. The Labute approximate surface area is 201 Å². The minimum atomic E-state index is -3.70. The SMILES string of the molecule is COc1ccc(N(C(=O)c2ccc(S(=O)(=O)N3CCN(C(C)=O)CC3)cc2)C(C)C2CC2)cc1. The Bertz CT molecular complexity index is 1140. The van der Waals surface area contributed by atoms with E-state index in [1.807, 2.05) is 24.3 Å². The number of benzene rings is 2. The van der Waals surface area contributed by atoms with Crippen LogP contribution < -0.4 is 9.64 Å². The molecule has 1 heterocycles. The smallest absolute Gasteiger partial charge is 0.258 e. The number of sulfonamides is 1. The zero-order valence-electron chi connectivity index (χ0n) is 19.8. The van der Waals surface area contributed by atoms with E-state index in [-0.39, 0.29) is 35.8 Å². The third-order valence-electron chi connectivity index (χ3n) is 6.70. The van der Waals surface area contributed by atoms with E-state index in [4.69, 9.17) is 4.74 Å². The molecule has 2 aliphatic rings. The van der Waals surface area contributed by atoms with Crippen molar-refractivity contribution in [2.24, 2.45) is 5.92 Å². The molecule has 0 aromatic heterocycles. The molecule has 0 N–H and O–H groups in total. The minimum absolute atomic E-state index is 0.0295. The molecule has 1 atom stereocenters. The molecule has 2 fully saturated rings. The predicted molar refractivity (Wildman–Crippen MR) is 129 cm³/mol. The van der Waals surface area contributed by atoms with Gasteiger partial charge in [0, 0.05) is 50.4 Å². The summed E-state index contributed by atoms with van der Waals surface area (Å²) >= 11 is 0. The number of carbonyl (C=O) groups is 2. The number of methoxy groups -OCH3 is 1. The average molecular weight is 486 g/mol. The maximum atomic E-state index is 13.5. The Morgan fingerprint density at radius 3 is 2.06 bits per heavy atom. The van der Waals surface area contributed by atoms with Crippen LogP contribution in [-0.4, -0.2) is 68.8 Å². The van der Waals surface area contributed by atoms with Gasteiger partial charge in [0.05, 0.1) is 12.0 Å². The highest BCUT2D eigenvalue weighted by atomic mass is 32.2. The summed E-state index contributed by atoms with van der Waals surface area (Å²) in [6.07, 6.45) is 2.18. The Morgan fingerprint density at radius 1 is 0.971 bits per heavy atom. The van der Waals surface area contributed by atoms with Gasteiger partial charge in [-0.2, -0.15) is 4.31 Å². The van der Waals surface area contributed by atoms with E-state index in [9.17, 15) is 18.0 Å². The second-order valence-corrected chi connectivity index (χ2v) is 10.8. The van der Waals surface area contributed by atoms with E-state index >= 15 is 0 Å². The fourth-order valence-corrected chi connectivity index (χ4v) is 5.79. The molecule has 1 aliphatic carbocycles. The standard InChI is InChI=1S/C25H31N3O5S/c1-18(20-4-5-20)28(22-8-10-23(33-3)11-9-22)25(30)21-6-12-24(13-7-21)34(31,32)27-16-14-26(15-17-27)19(2)29/h6-13,18,20H,4-5,14-17H2,1-3H3. The number of amides is 2. The van der Waals surface area contributed by atoms with Gasteiger partial charge in [-0.1, -0.05) is 0 Å². The second-order valence-electron chi connectivity index (χ2n) is 8.89. The topological polar surface area (TPSA) is 87.2 Å². The number of ether oxygens (including phenoxy) is 1. The number of piperazine rings is 1. The van der Waals surface area contributed by atoms with Crippen LogP contribution in [0.1, 0.15) is 37.0 Å². The highest BCUT2D eigenvalue weighted by molar-refractivity contribution is 7.89. The lowest BCUT2D eigenvalue weighted by Gasteiger charge is -2.33. The molecule has 0 spiro atoms. The van der Waals surface area contributed by atoms with Crippen molar-refractivity contribution >= 4 is 27.5 Å². The lowest BCUT2D eigenvalue weighted by Crippen LogP contribution is -2.49. The highest BCUT2D eigenvalue weighted by Crippen LogP contribution is 2.38. The van der Waals surface area contributed by atoms with Gasteiger partial charge in [0.1, 0.15) is 5.75 Å². The lowest BCUT2D eigenvalue weighted by molar-refractivity contribution is -0.129. The van der Waals surface area contributed by atoms with E-state index in [0.29, 0.717) is 30.3 Å². The van der Waals surface area contributed by atoms with Crippen LogP contribution in [0.3, 0.4) is 0 Å². The summed E-state index contributed by atoms with van der Waals surface area (Å²) in [5.41, 5.74) is 1.22. The highest BCUT2D eigenvalue weighted by Gasteiger charge is 2.36. The van der Waals surface area contributed by atoms with Crippen molar-refractivity contribution in [3.8, 4) is 5.75 Å². The Balaban J connectivity index is 1.54. The van der Waals surface area contributed by atoms with Crippen LogP contribution >= 0.6 is 0 Å². The lowest BCUT2D eigenvalue weighted by atomic mass is 10.1. The van der Waals surface area contributed by atoms with Crippen molar-refractivity contribution in [1.29, 1.82) is 0 Å². The molecular weight excluding hydrogens is 454 g/mol. The molecule has 8 nitrogen and oxygen atoms in total. The molecule has 4 rings (SSSR count). The third kappa shape index (κ3) is 4.95. The number of rotatable bonds is 7. The molecule has 1 aliphatic heterocycles. The fraction of sp³-hybridized carbons (Fsp3) is 0.440. The van der Waals surface area contributed by atoms with Crippen molar-refractivity contribution in [3.63, 3.8) is 0 Å². The van der Waals surface area contributed by atoms with Crippen LogP contribution in [-0.2, 0) is 14.8 Å². The number of carbonyl (C=O) groups excluding carboxylic acids is 2. The summed E-state index contributed by atoms with van der Waals surface area (Å²) in [6.45, 7) is 4.81. The summed E-state index contributed by atoms with van der Waals surface area (Å²) in [6, 6.07) is 13.6. The zero-order chi connectivity index (χ0) is 24.5. The Hall–Kier alpha value is -2.91. The minimum Gasteiger partial charge on any atom is -0.497 e. The zero-order valence-corrected chi connectivity index (χ0v) is 20.6. The number of hydrogen-bond acceptors (Lipinski definition) is 5. The van der Waals surface area contributed by atoms with Gasteiger partial charge in [0.2, 0.25) is 15.9 Å². The second kappa shape index (κ2) is 9.76. The van der Waals surface area contributed by atoms with Gasteiger partial charge in [-0.25, -0.2) is 8.42 Å². The molecule has 0 radical (unpaired) electrons.